The van der Waals surface area contributed by atoms with Crippen molar-refractivity contribution >= 4 is 21.7 Å². The molecule has 2 aromatic rings. The lowest BCUT2D eigenvalue weighted by Gasteiger charge is -2.09. The summed E-state index contributed by atoms with van der Waals surface area (Å²) in [5.41, 5.74) is 6.20. The van der Waals surface area contributed by atoms with Crippen LogP contribution in [0.25, 0.3) is 0 Å². The van der Waals surface area contributed by atoms with Crippen LogP contribution < -0.4 is 15.2 Å². The fourth-order valence-corrected chi connectivity index (χ4v) is 2.49. The molecule has 0 amide bonds. The van der Waals surface area contributed by atoms with Crippen molar-refractivity contribution in [3.05, 3.63) is 30.1 Å². The highest BCUT2D eigenvalue weighted by molar-refractivity contribution is 7.92. The summed E-state index contributed by atoms with van der Waals surface area (Å²) in [6.45, 7) is 1.69. The molecule has 20 heavy (non-hydrogen) atoms. The number of aryl methyl sites for hydroxylation is 1. The van der Waals surface area contributed by atoms with E-state index in [0.29, 0.717) is 5.69 Å². The average Bonchev–Trinajstić information content (AvgIpc) is 2.37. The van der Waals surface area contributed by atoms with Gasteiger partial charge in [0, 0.05) is 18.0 Å². The minimum atomic E-state index is -3.95. The van der Waals surface area contributed by atoms with Crippen LogP contribution in [0.1, 0.15) is 5.69 Å². The van der Waals surface area contributed by atoms with Crippen LogP contribution in [0.3, 0.4) is 0 Å². The summed E-state index contributed by atoms with van der Waals surface area (Å²) < 4.78 is 31.5. The minimum absolute atomic E-state index is 0.0413. The molecule has 0 atom stereocenters. The second-order valence-electron chi connectivity index (χ2n) is 3.88. The van der Waals surface area contributed by atoms with Gasteiger partial charge in [-0.2, -0.15) is 13.4 Å². The molecule has 8 nitrogen and oxygen atoms in total. The first-order valence-corrected chi connectivity index (χ1v) is 7.03. The molecule has 106 valence electrons. The molecule has 0 unspecified atom stereocenters. The van der Waals surface area contributed by atoms with E-state index in [1.165, 1.54) is 19.4 Å². The van der Waals surface area contributed by atoms with Gasteiger partial charge in [0.15, 0.2) is 5.03 Å². The molecule has 0 fully saturated rings. The van der Waals surface area contributed by atoms with E-state index >= 15 is 0 Å². The third kappa shape index (κ3) is 2.94. The van der Waals surface area contributed by atoms with E-state index in [0.717, 1.165) is 0 Å². The highest BCUT2D eigenvalue weighted by Gasteiger charge is 2.20. The molecule has 0 saturated carbocycles. The monoisotopic (exact) mass is 295 g/mol. The summed E-state index contributed by atoms with van der Waals surface area (Å²) in [5.74, 6) is 0.149. The summed E-state index contributed by atoms with van der Waals surface area (Å²) in [6, 6.07) is 4.56. The SMILES string of the molecule is COc1cc(C)nc(NS(=O)(=O)c2ncccc2N)n1. The number of hydrogen-bond acceptors (Lipinski definition) is 7. The Morgan fingerprint density at radius 3 is 2.75 bits per heavy atom. The van der Waals surface area contributed by atoms with Crippen LogP contribution in [0.15, 0.2) is 29.4 Å². The number of sulfonamides is 1. The summed E-state index contributed by atoms with van der Waals surface area (Å²) in [5, 5.41) is -0.274. The largest absolute Gasteiger partial charge is 0.481 e. The standard InChI is InChI=1S/C11H13N5O3S/c1-7-6-9(19-2)15-11(14-7)16-20(17,18)10-8(12)4-3-5-13-10/h3-6H,12H2,1-2H3,(H,14,15,16). The minimum Gasteiger partial charge on any atom is -0.481 e. The van der Waals surface area contributed by atoms with Gasteiger partial charge < -0.3 is 10.5 Å². The lowest BCUT2D eigenvalue weighted by molar-refractivity contribution is 0.397. The number of methoxy groups -OCH3 is 1. The molecule has 0 aliphatic carbocycles. The molecule has 9 heteroatoms. The molecule has 2 aromatic heterocycles. The van der Waals surface area contributed by atoms with Crippen molar-refractivity contribution in [1.29, 1.82) is 0 Å². The third-order valence-corrected chi connectivity index (χ3v) is 3.62. The van der Waals surface area contributed by atoms with E-state index in [1.807, 2.05) is 0 Å². The Morgan fingerprint density at radius 2 is 2.10 bits per heavy atom. The Balaban J connectivity index is 2.38. The average molecular weight is 295 g/mol. The van der Waals surface area contributed by atoms with E-state index in [-0.39, 0.29) is 22.5 Å². The number of rotatable bonds is 4. The first kappa shape index (κ1) is 14.0. The second-order valence-corrected chi connectivity index (χ2v) is 5.48. The molecule has 2 heterocycles. The molecule has 0 aromatic carbocycles. The number of pyridine rings is 1. The Bertz CT molecular complexity index is 733. The number of hydrogen-bond donors (Lipinski definition) is 2. The first-order valence-electron chi connectivity index (χ1n) is 5.55. The van der Waals surface area contributed by atoms with Crippen LogP contribution in [-0.4, -0.2) is 30.5 Å². The Labute approximate surface area is 116 Å². The van der Waals surface area contributed by atoms with Gasteiger partial charge in [-0.05, 0) is 19.1 Å². The van der Waals surface area contributed by atoms with Crippen LogP contribution in [-0.2, 0) is 10.0 Å². The Morgan fingerprint density at radius 1 is 1.35 bits per heavy atom. The molecule has 0 radical (unpaired) electrons. The van der Waals surface area contributed by atoms with Gasteiger partial charge >= 0.3 is 0 Å². The topological polar surface area (TPSA) is 120 Å². The van der Waals surface area contributed by atoms with E-state index in [2.05, 4.69) is 19.7 Å². The van der Waals surface area contributed by atoms with Crippen LogP contribution in [0, 0.1) is 6.92 Å². The zero-order valence-electron chi connectivity index (χ0n) is 10.9. The molecular weight excluding hydrogens is 282 g/mol. The number of nitrogens with zero attached hydrogens (tertiary/aromatic N) is 3. The van der Waals surface area contributed by atoms with Crippen molar-refractivity contribution in [3.63, 3.8) is 0 Å². The third-order valence-electron chi connectivity index (χ3n) is 2.32. The maximum atomic E-state index is 12.2. The van der Waals surface area contributed by atoms with E-state index in [4.69, 9.17) is 10.5 Å². The van der Waals surface area contributed by atoms with Gasteiger partial charge in [0.25, 0.3) is 10.0 Å². The molecule has 3 N–H and O–H groups in total. The van der Waals surface area contributed by atoms with Crippen molar-refractivity contribution in [3.8, 4) is 5.88 Å². The van der Waals surface area contributed by atoms with Crippen molar-refractivity contribution < 1.29 is 13.2 Å². The lowest BCUT2D eigenvalue weighted by Crippen LogP contribution is -2.18. The fourth-order valence-electron chi connectivity index (χ4n) is 1.49. The van der Waals surface area contributed by atoms with Gasteiger partial charge in [-0.3, -0.25) is 0 Å². The van der Waals surface area contributed by atoms with Crippen molar-refractivity contribution in [2.24, 2.45) is 0 Å². The Hall–Kier alpha value is -2.42. The smallest absolute Gasteiger partial charge is 0.283 e. The normalized spacial score (nSPS) is 11.1. The number of nitrogens with two attached hydrogens (primary N) is 1. The molecule has 0 spiro atoms. The number of nitrogens with one attached hydrogen (secondary N) is 1. The summed E-state index contributed by atoms with van der Waals surface area (Å²) in [4.78, 5) is 11.6. The number of nitrogen functional groups attached to an aromatic ring is 1. The predicted molar refractivity (Wildman–Crippen MR) is 72.8 cm³/mol. The first-order chi connectivity index (χ1) is 9.42. The second kappa shape index (κ2) is 5.29. The zero-order valence-corrected chi connectivity index (χ0v) is 11.7. The lowest BCUT2D eigenvalue weighted by atomic mass is 10.4. The van der Waals surface area contributed by atoms with Gasteiger partial charge in [0.05, 0.1) is 12.8 Å². The van der Waals surface area contributed by atoms with Gasteiger partial charge in [-0.1, -0.05) is 0 Å². The number of anilines is 2. The van der Waals surface area contributed by atoms with Crippen LogP contribution >= 0.6 is 0 Å². The van der Waals surface area contributed by atoms with Gasteiger partial charge in [-0.15, -0.1) is 0 Å². The summed E-state index contributed by atoms with van der Waals surface area (Å²) >= 11 is 0. The van der Waals surface area contributed by atoms with Crippen LogP contribution in [0.2, 0.25) is 0 Å². The highest BCUT2D eigenvalue weighted by Crippen LogP contribution is 2.18. The van der Waals surface area contributed by atoms with E-state index in [1.54, 1.807) is 19.1 Å². The predicted octanol–water partition coefficient (Wildman–Crippen LogP) is 0.572. The summed E-state index contributed by atoms with van der Waals surface area (Å²) in [6.07, 6.45) is 1.34. The maximum Gasteiger partial charge on any atom is 0.283 e. The fraction of sp³-hybridized carbons (Fsp3) is 0.182. The number of aromatic nitrogens is 3. The maximum absolute atomic E-state index is 12.2. The number of ether oxygens (including phenoxy) is 1. The molecule has 0 bridgehead atoms. The molecule has 0 aliphatic heterocycles. The molecule has 0 saturated heterocycles. The van der Waals surface area contributed by atoms with Gasteiger partial charge in [0.2, 0.25) is 11.8 Å². The van der Waals surface area contributed by atoms with Gasteiger partial charge in [-0.25, -0.2) is 14.7 Å². The van der Waals surface area contributed by atoms with E-state index in [9.17, 15) is 8.42 Å². The molecule has 2 rings (SSSR count). The zero-order chi connectivity index (χ0) is 14.8. The van der Waals surface area contributed by atoms with Crippen molar-refractivity contribution in [1.82, 2.24) is 15.0 Å². The Kier molecular flexibility index (Phi) is 3.70. The van der Waals surface area contributed by atoms with Gasteiger partial charge in [0.1, 0.15) is 0 Å². The molecular formula is C11H13N5O3S. The van der Waals surface area contributed by atoms with Crippen molar-refractivity contribution in [2.45, 2.75) is 11.9 Å². The molecule has 0 aliphatic rings. The summed E-state index contributed by atoms with van der Waals surface area (Å²) in [7, 11) is -2.53. The van der Waals surface area contributed by atoms with Crippen LogP contribution in [0.4, 0.5) is 11.6 Å². The van der Waals surface area contributed by atoms with Crippen LogP contribution in [0.5, 0.6) is 5.88 Å². The highest BCUT2D eigenvalue weighted by atomic mass is 32.2. The van der Waals surface area contributed by atoms with Crippen molar-refractivity contribution in [2.75, 3.05) is 17.6 Å². The van der Waals surface area contributed by atoms with E-state index < -0.39 is 10.0 Å². The quantitative estimate of drug-likeness (QED) is 0.846.